The number of rotatable bonds is 4. The maximum absolute atomic E-state index is 5.51. The molecule has 0 saturated heterocycles. The quantitative estimate of drug-likeness (QED) is 0.916. The largest absolute Gasteiger partial charge is 0.469 e. The van der Waals surface area contributed by atoms with Crippen LogP contribution in [0.4, 0.5) is 0 Å². The highest BCUT2D eigenvalue weighted by molar-refractivity contribution is 7.09. The second kappa shape index (κ2) is 5.24. The molecule has 2 unspecified atom stereocenters. The molecule has 0 fully saturated rings. The van der Waals surface area contributed by atoms with Crippen LogP contribution in [0, 0.1) is 0 Å². The molecular formula is C14H18N2OS. The number of nitrogens with one attached hydrogen (secondary N) is 1. The van der Waals surface area contributed by atoms with Gasteiger partial charge < -0.3 is 9.73 Å². The number of fused-ring (bicyclic) bond motifs is 1. The van der Waals surface area contributed by atoms with Gasteiger partial charge in [-0.25, -0.2) is 4.98 Å². The van der Waals surface area contributed by atoms with Crippen molar-refractivity contribution in [3.8, 4) is 0 Å². The first kappa shape index (κ1) is 11.9. The van der Waals surface area contributed by atoms with Crippen LogP contribution in [0.2, 0.25) is 0 Å². The van der Waals surface area contributed by atoms with Crippen LogP contribution in [0.5, 0.6) is 0 Å². The van der Waals surface area contributed by atoms with Crippen molar-refractivity contribution >= 4 is 11.3 Å². The molecule has 2 aromatic rings. The van der Waals surface area contributed by atoms with Crippen LogP contribution in [-0.2, 0) is 6.42 Å². The van der Waals surface area contributed by atoms with E-state index < -0.39 is 0 Å². The molecule has 1 aliphatic rings. The zero-order chi connectivity index (χ0) is 12.4. The van der Waals surface area contributed by atoms with Gasteiger partial charge in [0.05, 0.1) is 11.3 Å². The van der Waals surface area contributed by atoms with Crippen LogP contribution in [-0.4, -0.2) is 11.5 Å². The average molecular weight is 262 g/mol. The van der Waals surface area contributed by atoms with Crippen LogP contribution >= 0.6 is 11.3 Å². The fourth-order valence-corrected chi connectivity index (χ4v) is 3.28. The van der Waals surface area contributed by atoms with Gasteiger partial charge >= 0.3 is 0 Å². The average Bonchev–Trinajstić information content (AvgIpc) is 3.05. The Morgan fingerprint density at radius 2 is 2.56 bits per heavy atom. The molecular weight excluding hydrogens is 244 g/mol. The highest BCUT2D eigenvalue weighted by Crippen LogP contribution is 2.30. The summed E-state index contributed by atoms with van der Waals surface area (Å²) in [5.41, 5.74) is 1.35. The fourth-order valence-electron chi connectivity index (χ4n) is 2.58. The number of aromatic nitrogens is 1. The van der Waals surface area contributed by atoms with Crippen molar-refractivity contribution in [1.29, 1.82) is 0 Å². The van der Waals surface area contributed by atoms with Crippen LogP contribution in [0.15, 0.2) is 28.3 Å². The van der Waals surface area contributed by atoms with Crippen LogP contribution in [0.25, 0.3) is 0 Å². The highest BCUT2D eigenvalue weighted by atomic mass is 32.1. The van der Waals surface area contributed by atoms with E-state index in [1.165, 1.54) is 29.2 Å². The molecule has 2 heterocycles. The molecule has 0 aliphatic heterocycles. The number of aryl methyl sites for hydroxylation is 1. The summed E-state index contributed by atoms with van der Waals surface area (Å²) in [6, 6.07) is 2.56. The van der Waals surface area contributed by atoms with E-state index in [4.69, 9.17) is 4.42 Å². The summed E-state index contributed by atoms with van der Waals surface area (Å²) < 4.78 is 5.51. The first-order chi connectivity index (χ1) is 8.84. The zero-order valence-corrected chi connectivity index (χ0v) is 11.4. The van der Waals surface area contributed by atoms with Gasteiger partial charge in [-0.3, -0.25) is 0 Å². The van der Waals surface area contributed by atoms with Crippen molar-refractivity contribution in [2.24, 2.45) is 0 Å². The maximum Gasteiger partial charge on any atom is 0.108 e. The van der Waals surface area contributed by atoms with E-state index in [-0.39, 0.29) is 0 Å². The molecule has 2 aromatic heterocycles. The van der Waals surface area contributed by atoms with E-state index in [2.05, 4.69) is 23.3 Å². The van der Waals surface area contributed by atoms with Gasteiger partial charge in [0.1, 0.15) is 5.76 Å². The lowest BCUT2D eigenvalue weighted by Gasteiger charge is -2.24. The Morgan fingerprint density at radius 3 is 3.39 bits per heavy atom. The smallest absolute Gasteiger partial charge is 0.108 e. The number of furan rings is 1. The minimum Gasteiger partial charge on any atom is -0.469 e. The minimum atomic E-state index is 0.454. The number of nitrogens with zero attached hydrogens (tertiary/aromatic N) is 1. The Hall–Kier alpha value is -1.13. The topological polar surface area (TPSA) is 38.1 Å². The Labute approximate surface area is 111 Å². The van der Waals surface area contributed by atoms with E-state index in [0.717, 1.165) is 13.0 Å². The third-order valence-corrected chi connectivity index (χ3v) is 4.60. The molecule has 1 aliphatic carbocycles. The van der Waals surface area contributed by atoms with Crippen molar-refractivity contribution in [2.75, 3.05) is 6.54 Å². The number of thiazole rings is 1. The van der Waals surface area contributed by atoms with Crippen molar-refractivity contribution < 1.29 is 4.42 Å². The normalized spacial score (nSPS) is 20.6. The molecule has 2 atom stereocenters. The van der Waals surface area contributed by atoms with Gasteiger partial charge in [0, 0.05) is 42.1 Å². The van der Waals surface area contributed by atoms with E-state index in [0.29, 0.717) is 12.0 Å². The molecule has 0 bridgehead atoms. The van der Waals surface area contributed by atoms with E-state index in [1.807, 2.05) is 17.8 Å². The lowest BCUT2D eigenvalue weighted by atomic mass is 9.93. The van der Waals surface area contributed by atoms with Gasteiger partial charge in [-0.15, -0.1) is 11.3 Å². The molecule has 0 radical (unpaired) electrons. The minimum absolute atomic E-state index is 0.454. The summed E-state index contributed by atoms with van der Waals surface area (Å²) in [7, 11) is 0. The summed E-state index contributed by atoms with van der Waals surface area (Å²) in [5, 5.41) is 6.91. The third kappa shape index (κ3) is 2.35. The highest BCUT2D eigenvalue weighted by Gasteiger charge is 2.22. The Bertz CT molecular complexity index is 492. The van der Waals surface area contributed by atoms with Gasteiger partial charge in [0.2, 0.25) is 0 Å². The standard InChI is InChI=1S/C14H18N2OS/c1-10(14-15-6-8-18-14)9-16-12-3-2-4-13-11(12)5-7-17-13/h5-8,10,12,16H,2-4,9H2,1H3. The summed E-state index contributed by atoms with van der Waals surface area (Å²) in [6.45, 7) is 3.20. The Morgan fingerprint density at radius 1 is 1.61 bits per heavy atom. The third-order valence-electron chi connectivity index (χ3n) is 3.60. The van der Waals surface area contributed by atoms with Crippen molar-refractivity contribution in [3.63, 3.8) is 0 Å². The second-order valence-corrected chi connectivity index (χ2v) is 5.85. The summed E-state index contributed by atoms with van der Waals surface area (Å²) in [5.74, 6) is 1.64. The van der Waals surface area contributed by atoms with E-state index in [1.54, 1.807) is 11.3 Å². The second-order valence-electron chi connectivity index (χ2n) is 4.92. The maximum atomic E-state index is 5.51. The molecule has 96 valence electrons. The molecule has 0 amide bonds. The predicted molar refractivity (Wildman–Crippen MR) is 72.9 cm³/mol. The van der Waals surface area contributed by atoms with E-state index in [9.17, 15) is 0 Å². The molecule has 3 rings (SSSR count). The van der Waals surface area contributed by atoms with Crippen molar-refractivity contribution in [2.45, 2.75) is 38.1 Å². The predicted octanol–water partition coefficient (Wildman–Crippen LogP) is 3.51. The lowest BCUT2D eigenvalue weighted by molar-refractivity contribution is 0.405. The first-order valence-electron chi connectivity index (χ1n) is 6.53. The number of hydrogen-bond acceptors (Lipinski definition) is 4. The molecule has 3 nitrogen and oxygen atoms in total. The molecule has 0 aromatic carbocycles. The van der Waals surface area contributed by atoms with Gasteiger partial charge in [0.15, 0.2) is 0 Å². The van der Waals surface area contributed by atoms with Crippen molar-refractivity contribution in [1.82, 2.24) is 10.3 Å². The zero-order valence-electron chi connectivity index (χ0n) is 10.6. The van der Waals surface area contributed by atoms with Crippen molar-refractivity contribution in [3.05, 3.63) is 40.2 Å². The molecule has 1 N–H and O–H groups in total. The summed E-state index contributed by atoms with van der Waals surface area (Å²) >= 11 is 1.74. The monoisotopic (exact) mass is 262 g/mol. The molecule has 0 spiro atoms. The van der Waals surface area contributed by atoms with Crippen LogP contribution < -0.4 is 5.32 Å². The van der Waals surface area contributed by atoms with Gasteiger partial charge in [-0.05, 0) is 18.9 Å². The summed E-state index contributed by atoms with van der Waals surface area (Å²) in [6.07, 6.45) is 7.20. The Balaban J connectivity index is 1.62. The molecule has 4 heteroatoms. The SMILES string of the molecule is CC(CNC1CCCc2occc21)c1nccs1. The summed E-state index contributed by atoms with van der Waals surface area (Å²) in [4.78, 5) is 4.37. The van der Waals surface area contributed by atoms with Gasteiger partial charge in [-0.1, -0.05) is 6.92 Å². The van der Waals surface area contributed by atoms with Gasteiger partial charge in [0.25, 0.3) is 0 Å². The Kier molecular flexibility index (Phi) is 3.48. The van der Waals surface area contributed by atoms with Gasteiger partial charge in [-0.2, -0.15) is 0 Å². The van der Waals surface area contributed by atoms with E-state index >= 15 is 0 Å². The lowest BCUT2D eigenvalue weighted by Crippen LogP contribution is -2.27. The number of hydrogen-bond donors (Lipinski definition) is 1. The van der Waals surface area contributed by atoms with Crippen LogP contribution in [0.1, 0.15) is 48.1 Å². The molecule has 18 heavy (non-hydrogen) atoms. The van der Waals surface area contributed by atoms with Crippen LogP contribution in [0.3, 0.4) is 0 Å². The fraction of sp³-hybridized carbons (Fsp3) is 0.500. The molecule has 0 saturated carbocycles. The first-order valence-corrected chi connectivity index (χ1v) is 7.41.